The number of rotatable bonds is 4. The summed E-state index contributed by atoms with van der Waals surface area (Å²) in [6, 6.07) is 5.10. The summed E-state index contributed by atoms with van der Waals surface area (Å²) in [7, 11) is -3.86. The third kappa shape index (κ3) is 2.57. The molecule has 3 rings (SSSR count). The highest BCUT2D eigenvalue weighted by Gasteiger charge is 2.25. The van der Waals surface area contributed by atoms with Crippen molar-refractivity contribution in [3.63, 3.8) is 0 Å². The van der Waals surface area contributed by atoms with Crippen molar-refractivity contribution in [2.24, 2.45) is 0 Å². The summed E-state index contributed by atoms with van der Waals surface area (Å²) in [6.45, 7) is 3.56. The summed E-state index contributed by atoms with van der Waals surface area (Å²) < 4.78 is 41.8. The molecule has 3 aromatic rings. The van der Waals surface area contributed by atoms with Gasteiger partial charge in [0.25, 0.3) is 10.0 Å². The number of imidazole rings is 1. The van der Waals surface area contributed by atoms with Crippen LogP contribution in [0.15, 0.2) is 29.3 Å². The number of aromatic nitrogens is 3. The number of nitrogens with one attached hydrogen (secondary N) is 1. The van der Waals surface area contributed by atoms with Crippen LogP contribution < -0.4 is 4.72 Å². The van der Waals surface area contributed by atoms with Gasteiger partial charge in [0.05, 0.1) is 5.69 Å². The Bertz CT molecular complexity index is 929. The average Bonchev–Trinajstić information content (AvgIpc) is 2.96. The van der Waals surface area contributed by atoms with Gasteiger partial charge in [-0.2, -0.15) is 18.0 Å². The number of halogens is 1. The molecule has 0 fully saturated rings. The maximum atomic E-state index is 12.9. The van der Waals surface area contributed by atoms with Gasteiger partial charge in [0.2, 0.25) is 9.99 Å². The predicted octanol–water partition coefficient (Wildman–Crippen LogP) is 2.60. The molecule has 116 valence electrons. The summed E-state index contributed by atoms with van der Waals surface area (Å²) in [5.74, 6) is -0.432. The van der Waals surface area contributed by atoms with Gasteiger partial charge >= 0.3 is 0 Å². The van der Waals surface area contributed by atoms with Gasteiger partial charge in [0, 0.05) is 5.69 Å². The van der Waals surface area contributed by atoms with E-state index in [2.05, 4.69) is 14.8 Å². The number of hydrogen-bond acceptors (Lipinski definition) is 5. The number of anilines is 1. The van der Waals surface area contributed by atoms with E-state index in [0.717, 1.165) is 5.01 Å². The third-order valence-corrected chi connectivity index (χ3v) is 5.56. The maximum Gasteiger partial charge on any atom is 0.281 e. The standard InChI is InChI=1S/C13H13FN4O2S2/c1-3-11-16-18-12(8(2)15-13(18)21-11)22(19,20)17-10-6-4-9(14)5-7-10/h4-7,17H,3H2,1-2H3. The van der Waals surface area contributed by atoms with E-state index >= 15 is 0 Å². The number of fused-ring (bicyclic) bond motifs is 1. The van der Waals surface area contributed by atoms with E-state index in [1.807, 2.05) is 6.92 Å². The lowest BCUT2D eigenvalue weighted by molar-refractivity contribution is 0.592. The molecule has 0 unspecified atom stereocenters. The van der Waals surface area contributed by atoms with Crippen molar-refractivity contribution in [1.82, 2.24) is 14.6 Å². The Hall–Kier alpha value is -2.00. The van der Waals surface area contributed by atoms with E-state index in [0.29, 0.717) is 17.1 Å². The quantitative estimate of drug-likeness (QED) is 0.792. The van der Waals surface area contributed by atoms with E-state index in [1.54, 1.807) is 6.92 Å². The van der Waals surface area contributed by atoms with Gasteiger partial charge in [0.15, 0.2) is 0 Å². The zero-order valence-electron chi connectivity index (χ0n) is 11.9. The molecule has 0 aliphatic carbocycles. The minimum absolute atomic E-state index is 0.00257. The first kappa shape index (κ1) is 14.9. The molecule has 2 aromatic heterocycles. The summed E-state index contributed by atoms with van der Waals surface area (Å²) in [4.78, 5) is 4.78. The molecule has 0 aliphatic rings. The van der Waals surface area contributed by atoms with Crippen molar-refractivity contribution < 1.29 is 12.8 Å². The van der Waals surface area contributed by atoms with Gasteiger partial charge in [-0.3, -0.25) is 4.72 Å². The predicted molar refractivity (Wildman–Crippen MR) is 82.2 cm³/mol. The van der Waals surface area contributed by atoms with Crippen LogP contribution in [0.3, 0.4) is 0 Å². The Morgan fingerprint density at radius 2 is 2.00 bits per heavy atom. The first-order valence-corrected chi connectivity index (χ1v) is 8.84. The first-order valence-electron chi connectivity index (χ1n) is 6.54. The number of sulfonamides is 1. The number of nitrogens with zero attached hydrogens (tertiary/aromatic N) is 3. The van der Waals surface area contributed by atoms with Gasteiger partial charge in [0.1, 0.15) is 10.8 Å². The zero-order chi connectivity index (χ0) is 15.9. The van der Waals surface area contributed by atoms with Crippen LogP contribution in [-0.2, 0) is 16.4 Å². The normalized spacial score (nSPS) is 12.0. The molecule has 0 aliphatic heterocycles. The van der Waals surface area contributed by atoms with Crippen LogP contribution in [0.2, 0.25) is 0 Å². The van der Waals surface area contributed by atoms with Gasteiger partial charge in [-0.05, 0) is 37.6 Å². The molecule has 6 nitrogen and oxygen atoms in total. The fraction of sp³-hybridized carbons (Fsp3) is 0.231. The van der Waals surface area contributed by atoms with E-state index in [4.69, 9.17) is 0 Å². The highest BCUT2D eigenvalue weighted by molar-refractivity contribution is 7.92. The van der Waals surface area contributed by atoms with E-state index < -0.39 is 15.8 Å². The Balaban J connectivity index is 2.06. The summed E-state index contributed by atoms with van der Waals surface area (Å²) >= 11 is 1.36. The smallest absolute Gasteiger partial charge is 0.278 e. The van der Waals surface area contributed by atoms with Crippen LogP contribution in [0.5, 0.6) is 0 Å². The molecule has 0 spiro atoms. The van der Waals surface area contributed by atoms with Crippen molar-refractivity contribution in [3.05, 3.63) is 40.8 Å². The topological polar surface area (TPSA) is 76.4 Å². The summed E-state index contributed by atoms with van der Waals surface area (Å²) in [6.07, 6.45) is 0.706. The molecule has 0 saturated heterocycles. The SMILES string of the molecule is CCc1nn2c(S(=O)(=O)Nc3ccc(F)cc3)c(C)nc2s1. The van der Waals surface area contributed by atoms with Crippen molar-refractivity contribution in [2.45, 2.75) is 25.3 Å². The second-order valence-electron chi connectivity index (χ2n) is 4.66. The van der Waals surface area contributed by atoms with E-state index in [9.17, 15) is 12.8 Å². The minimum atomic E-state index is -3.86. The molecule has 9 heteroatoms. The Kier molecular flexibility index (Phi) is 3.61. The second-order valence-corrected chi connectivity index (χ2v) is 7.30. The van der Waals surface area contributed by atoms with E-state index in [-0.39, 0.29) is 10.7 Å². The number of hydrogen-bond donors (Lipinski definition) is 1. The fourth-order valence-corrected chi connectivity index (χ4v) is 4.31. The zero-order valence-corrected chi connectivity index (χ0v) is 13.5. The molecule has 0 saturated carbocycles. The van der Waals surface area contributed by atoms with Crippen molar-refractivity contribution in [1.29, 1.82) is 0 Å². The second kappa shape index (κ2) is 5.33. The third-order valence-electron chi connectivity index (χ3n) is 3.02. The number of aryl methyl sites for hydroxylation is 2. The fourth-order valence-electron chi connectivity index (χ4n) is 2.04. The van der Waals surface area contributed by atoms with Crippen LogP contribution in [-0.4, -0.2) is 23.0 Å². The van der Waals surface area contributed by atoms with Gasteiger partial charge < -0.3 is 0 Å². The molecule has 0 atom stereocenters. The average molecular weight is 340 g/mol. The van der Waals surface area contributed by atoms with Crippen molar-refractivity contribution >= 4 is 32.0 Å². The lowest BCUT2D eigenvalue weighted by atomic mass is 10.3. The summed E-state index contributed by atoms with van der Waals surface area (Å²) in [5.41, 5.74) is 0.651. The van der Waals surface area contributed by atoms with Crippen LogP contribution in [0, 0.1) is 12.7 Å². The largest absolute Gasteiger partial charge is 0.281 e. The first-order chi connectivity index (χ1) is 10.4. The highest BCUT2D eigenvalue weighted by Crippen LogP contribution is 2.24. The van der Waals surface area contributed by atoms with Crippen LogP contribution >= 0.6 is 11.3 Å². The van der Waals surface area contributed by atoms with Gasteiger partial charge in [-0.15, -0.1) is 0 Å². The molecule has 0 radical (unpaired) electrons. The molecule has 0 bridgehead atoms. The van der Waals surface area contributed by atoms with Crippen LogP contribution in [0.4, 0.5) is 10.1 Å². The molecule has 0 amide bonds. The lowest BCUT2D eigenvalue weighted by Gasteiger charge is -2.07. The van der Waals surface area contributed by atoms with Crippen LogP contribution in [0.1, 0.15) is 17.6 Å². The highest BCUT2D eigenvalue weighted by atomic mass is 32.2. The Labute approximate surface area is 130 Å². The van der Waals surface area contributed by atoms with Crippen molar-refractivity contribution in [2.75, 3.05) is 4.72 Å². The van der Waals surface area contributed by atoms with E-state index in [1.165, 1.54) is 40.1 Å². The maximum absolute atomic E-state index is 12.9. The molecule has 1 N–H and O–H groups in total. The molecular formula is C13H13FN4O2S2. The molecule has 2 heterocycles. The minimum Gasteiger partial charge on any atom is -0.278 e. The molecule has 22 heavy (non-hydrogen) atoms. The van der Waals surface area contributed by atoms with Gasteiger partial charge in [-0.25, -0.2) is 9.37 Å². The van der Waals surface area contributed by atoms with Crippen molar-refractivity contribution in [3.8, 4) is 0 Å². The molecular weight excluding hydrogens is 327 g/mol. The Morgan fingerprint density at radius 1 is 1.32 bits per heavy atom. The monoisotopic (exact) mass is 340 g/mol. The number of benzene rings is 1. The lowest BCUT2D eigenvalue weighted by Crippen LogP contribution is -2.16. The van der Waals surface area contributed by atoms with Crippen LogP contribution in [0.25, 0.3) is 4.96 Å². The van der Waals surface area contributed by atoms with Gasteiger partial charge in [-0.1, -0.05) is 18.3 Å². The Morgan fingerprint density at radius 3 is 2.64 bits per heavy atom. The molecule has 1 aromatic carbocycles. The summed E-state index contributed by atoms with van der Waals surface area (Å²) in [5, 5.41) is 5.08.